The van der Waals surface area contributed by atoms with Gasteiger partial charge in [-0.25, -0.2) is 0 Å². The summed E-state index contributed by atoms with van der Waals surface area (Å²) in [4.78, 5) is 12.1. The van der Waals surface area contributed by atoms with Crippen LogP contribution in [0.5, 0.6) is 0 Å². The molecular formula is C12H24N2O3. The Morgan fingerprint density at radius 3 is 2.94 bits per heavy atom. The second kappa shape index (κ2) is 6.93. The van der Waals surface area contributed by atoms with E-state index in [4.69, 9.17) is 4.74 Å². The second-order valence-electron chi connectivity index (χ2n) is 4.98. The largest absolute Gasteiger partial charge is 0.394 e. The molecule has 5 heteroatoms. The van der Waals surface area contributed by atoms with E-state index in [0.29, 0.717) is 19.6 Å². The fourth-order valence-electron chi connectivity index (χ4n) is 2.08. The molecule has 1 aliphatic heterocycles. The Balaban J connectivity index is 2.45. The Labute approximate surface area is 103 Å². The third kappa shape index (κ3) is 4.26. The van der Waals surface area contributed by atoms with Crippen LogP contribution in [0.3, 0.4) is 0 Å². The first-order chi connectivity index (χ1) is 8.12. The first-order valence-electron chi connectivity index (χ1n) is 6.24. The number of aliphatic hydroxyl groups is 1. The van der Waals surface area contributed by atoms with E-state index in [-0.39, 0.29) is 24.0 Å². The van der Waals surface area contributed by atoms with Gasteiger partial charge in [0.2, 0.25) is 5.91 Å². The van der Waals surface area contributed by atoms with Crippen LogP contribution < -0.4 is 10.6 Å². The highest BCUT2D eigenvalue weighted by Gasteiger charge is 2.35. The van der Waals surface area contributed by atoms with Crippen LogP contribution in [-0.4, -0.2) is 50.5 Å². The number of ether oxygens (including phenoxy) is 1. The van der Waals surface area contributed by atoms with Gasteiger partial charge in [-0.15, -0.1) is 0 Å². The average Bonchev–Trinajstić information content (AvgIpc) is 2.35. The van der Waals surface area contributed by atoms with Crippen LogP contribution in [0.25, 0.3) is 0 Å². The molecule has 0 radical (unpaired) electrons. The van der Waals surface area contributed by atoms with Crippen molar-refractivity contribution in [2.45, 2.75) is 32.2 Å². The summed E-state index contributed by atoms with van der Waals surface area (Å²) >= 11 is 0. The smallest absolute Gasteiger partial charge is 0.227 e. The standard InChI is InChI=1S/C12H24N2O3/c1-12(5-3-6-13-9-12)11(16)14-10(8-15)4-7-17-2/h10,13,15H,3-9H2,1-2H3,(H,14,16). The summed E-state index contributed by atoms with van der Waals surface area (Å²) in [6.45, 7) is 4.16. The molecule has 0 spiro atoms. The average molecular weight is 244 g/mol. The molecule has 0 aromatic heterocycles. The van der Waals surface area contributed by atoms with Crippen LogP contribution in [0, 0.1) is 5.41 Å². The molecule has 1 fully saturated rings. The fourth-order valence-corrected chi connectivity index (χ4v) is 2.08. The van der Waals surface area contributed by atoms with Crippen molar-refractivity contribution in [2.75, 3.05) is 33.4 Å². The first kappa shape index (κ1) is 14.4. The van der Waals surface area contributed by atoms with Crippen LogP contribution in [0.2, 0.25) is 0 Å². The maximum Gasteiger partial charge on any atom is 0.227 e. The van der Waals surface area contributed by atoms with E-state index < -0.39 is 0 Å². The Morgan fingerprint density at radius 1 is 1.65 bits per heavy atom. The summed E-state index contributed by atoms with van der Waals surface area (Å²) in [6, 6.07) is -0.207. The lowest BCUT2D eigenvalue weighted by Gasteiger charge is -2.34. The predicted octanol–water partition coefficient (Wildman–Crippen LogP) is -0.110. The Kier molecular flexibility index (Phi) is 5.88. The van der Waals surface area contributed by atoms with Crippen molar-refractivity contribution in [1.82, 2.24) is 10.6 Å². The number of nitrogens with one attached hydrogen (secondary N) is 2. The van der Waals surface area contributed by atoms with Gasteiger partial charge in [0.15, 0.2) is 0 Å². The van der Waals surface area contributed by atoms with E-state index in [1.807, 2.05) is 6.92 Å². The van der Waals surface area contributed by atoms with Crippen LogP contribution in [0.4, 0.5) is 0 Å². The Hall–Kier alpha value is -0.650. The van der Waals surface area contributed by atoms with Crippen molar-refractivity contribution in [3.8, 4) is 0 Å². The molecule has 1 rings (SSSR count). The maximum absolute atomic E-state index is 12.1. The fraction of sp³-hybridized carbons (Fsp3) is 0.917. The van der Waals surface area contributed by atoms with Crippen LogP contribution in [0.1, 0.15) is 26.2 Å². The third-order valence-electron chi connectivity index (χ3n) is 3.37. The number of carbonyl (C=O) groups excluding carboxylic acids is 1. The number of rotatable bonds is 6. The van der Waals surface area contributed by atoms with Gasteiger partial charge in [0, 0.05) is 20.3 Å². The van der Waals surface area contributed by atoms with Gasteiger partial charge in [0.05, 0.1) is 18.1 Å². The lowest BCUT2D eigenvalue weighted by molar-refractivity contribution is -0.132. The molecule has 0 bridgehead atoms. The molecule has 5 nitrogen and oxygen atoms in total. The summed E-state index contributed by atoms with van der Waals surface area (Å²) in [5.41, 5.74) is -0.348. The minimum absolute atomic E-state index is 0.0276. The molecule has 0 aliphatic carbocycles. The van der Waals surface area contributed by atoms with Gasteiger partial charge in [-0.1, -0.05) is 0 Å². The first-order valence-corrected chi connectivity index (χ1v) is 6.24. The maximum atomic E-state index is 12.1. The van der Waals surface area contributed by atoms with Crippen molar-refractivity contribution in [1.29, 1.82) is 0 Å². The normalized spacial score (nSPS) is 26.5. The van der Waals surface area contributed by atoms with E-state index in [1.165, 1.54) is 0 Å². The lowest BCUT2D eigenvalue weighted by atomic mass is 9.81. The number of amides is 1. The number of methoxy groups -OCH3 is 1. The van der Waals surface area contributed by atoms with Gasteiger partial charge >= 0.3 is 0 Å². The minimum atomic E-state index is -0.348. The lowest BCUT2D eigenvalue weighted by Crippen LogP contribution is -2.52. The van der Waals surface area contributed by atoms with Crippen LogP contribution >= 0.6 is 0 Å². The molecule has 3 N–H and O–H groups in total. The van der Waals surface area contributed by atoms with E-state index in [1.54, 1.807) is 7.11 Å². The Morgan fingerprint density at radius 2 is 2.41 bits per heavy atom. The number of aliphatic hydroxyl groups excluding tert-OH is 1. The van der Waals surface area contributed by atoms with Crippen molar-refractivity contribution >= 4 is 5.91 Å². The Bertz CT molecular complexity index is 240. The van der Waals surface area contributed by atoms with Crippen LogP contribution in [-0.2, 0) is 9.53 Å². The van der Waals surface area contributed by atoms with E-state index in [9.17, 15) is 9.90 Å². The van der Waals surface area contributed by atoms with Gasteiger partial charge in [-0.3, -0.25) is 4.79 Å². The summed E-state index contributed by atoms with van der Waals surface area (Å²) < 4.78 is 4.95. The number of carbonyl (C=O) groups is 1. The topological polar surface area (TPSA) is 70.6 Å². The second-order valence-corrected chi connectivity index (χ2v) is 4.98. The van der Waals surface area contributed by atoms with Gasteiger partial charge in [-0.2, -0.15) is 0 Å². The molecule has 0 saturated carbocycles. The van der Waals surface area contributed by atoms with Crippen molar-refractivity contribution < 1.29 is 14.6 Å². The number of hydrogen-bond donors (Lipinski definition) is 3. The summed E-state index contributed by atoms with van der Waals surface area (Å²) in [7, 11) is 1.61. The highest BCUT2D eigenvalue weighted by atomic mass is 16.5. The van der Waals surface area contributed by atoms with E-state index in [0.717, 1.165) is 19.4 Å². The number of piperidine rings is 1. The summed E-state index contributed by atoms with van der Waals surface area (Å²) in [5.74, 6) is 0.0276. The summed E-state index contributed by atoms with van der Waals surface area (Å²) in [5, 5.41) is 15.3. The van der Waals surface area contributed by atoms with E-state index in [2.05, 4.69) is 10.6 Å². The zero-order valence-corrected chi connectivity index (χ0v) is 10.8. The molecular weight excluding hydrogens is 220 g/mol. The van der Waals surface area contributed by atoms with Crippen molar-refractivity contribution in [3.05, 3.63) is 0 Å². The molecule has 1 aliphatic rings. The van der Waals surface area contributed by atoms with Gasteiger partial charge in [0.25, 0.3) is 0 Å². The number of hydrogen-bond acceptors (Lipinski definition) is 4. The molecule has 0 aromatic carbocycles. The zero-order chi connectivity index (χ0) is 12.7. The molecule has 2 atom stereocenters. The molecule has 1 saturated heterocycles. The summed E-state index contributed by atoms with van der Waals surface area (Å²) in [6.07, 6.45) is 2.56. The SMILES string of the molecule is COCCC(CO)NC(=O)C1(C)CCCNC1. The molecule has 1 amide bonds. The minimum Gasteiger partial charge on any atom is -0.394 e. The monoisotopic (exact) mass is 244 g/mol. The molecule has 100 valence electrons. The molecule has 1 heterocycles. The molecule has 0 aromatic rings. The van der Waals surface area contributed by atoms with E-state index >= 15 is 0 Å². The molecule has 17 heavy (non-hydrogen) atoms. The highest BCUT2D eigenvalue weighted by Crippen LogP contribution is 2.25. The zero-order valence-electron chi connectivity index (χ0n) is 10.8. The van der Waals surface area contributed by atoms with Crippen molar-refractivity contribution in [3.63, 3.8) is 0 Å². The van der Waals surface area contributed by atoms with Crippen LogP contribution in [0.15, 0.2) is 0 Å². The predicted molar refractivity (Wildman–Crippen MR) is 65.7 cm³/mol. The highest BCUT2D eigenvalue weighted by molar-refractivity contribution is 5.82. The van der Waals surface area contributed by atoms with Gasteiger partial charge in [-0.05, 0) is 32.7 Å². The van der Waals surface area contributed by atoms with Crippen molar-refractivity contribution in [2.24, 2.45) is 5.41 Å². The van der Waals surface area contributed by atoms with Gasteiger partial charge < -0.3 is 20.5 Å². The quantitative estimate of drug-likeness (QED) is 0.610. The molecule has 2 unspecified atom stereocenters. The third-order valence-corrected chi connectivity index (χ3v) is 3.37. The van der Waals surface area contributed by atoms with Gasteiger partial charge in [0.1, 0.15) is 0 Å².